The molecular weight excluding hydrogens is 268 g/mol. The number of carbonyl (C=O) groups is 1. The average molecular weight is 288 g/mol. The van der Waals surface area contributed by atoms with Crippen molar-refractivity contribution in [1.29, 1.82) is 5.26 Å². The van der Waals surface area contributed by atoms with Crippen LogP contribution in [0.3, 0.4) is 0 Å². The number of hydrogen-bond donors (Lipinski definition) is 1. The van der Waals surface area contributed by atoms with Crippen LogP contribution in [0.2, 0.25) is 0 Å². The lowest BCUT2D eigenvalue weighted by molar-refractivity contribution is -0.162. The molecule has 1 aliphatic heterocycles. The quantitative estimate of drug-likeness (QED) is 0.895. The molecule has 1 saturated heterocycles. The van der Waals surface area contributed by atoms with Crippen LogP contribution in [0.5, 0.6) is 5.75 Å². The SMILES string of the molecule is CCCC1(O)CN(C(=O)C(C)Oc2ccc(C#N)cc2)C1. The molecule has 1 amide bonds. The fraction of sp³-hybridized carbons (Fsp3) is 0.500. The number of β-amino-alcohol motifs (C(OH)–C–C–N with tert-alkyl or cyclic N) is 1. The number of ether oxygens (including phenoxy) is 1. The van der Waals surface area contributed by atoms with Crippen LogP contribution in [0.25, 0.3) is 0 Å². The van der Waals surface area contributed by atoms with E-state index in [4.69, 9.17) is 10.00 Å². The maximum absolute atomic E-state index is 12.2. The molecule has 112 valence electrons. The molecular formula is C16H20N2O3. The molecule has 1 heterocycles. The van der Waals surface area contributed by atoms with Crippen LogP contribution in [0.15, 0.2) is 24.3 Å². The molecule has 0 spiro atoms. The number of nitrogens with zero attached hydrogens (tertiary/aromatic N) is 2. The van der Waals surface area contributed by atoms with Gasteiger partial charge in [-0.3, -0.25) is 4.79 Å². The van der Waals surface area contributed by atoms with Gasteiger partial charge in [-0.1, -0.05) is 13.3 Å². The summed E-state index contributed by atoms with van der Waals surface area (Å²) in [6.45, 7) is 4.46. The van der Waals surface area contributed by atoms with Gasteiger partial charge in [0.1, 0.15) is 5.75 Å². The number of hydrogen-bond acceptors (Lipinski definition) is 4. The lowest BCUT2D eigenvalue weighted by Gasteiger charge is -2.47. The van der Waals surface area contributed by atoms with Gasteiger partial charge < -0.3 is 14.7 Å². The van der Waals surface area contributed by atoms with Gasteiger partial charge in [0.05, 0.1) is 30.3 Å². The number of benzene rings is 1. The van der Waals surface area contributed by atoms with Crippen LogP contribution in [0, 0.1) is 11.3 Å². The zero-order valence-electron chi connectivity index (χ0n) is 12.4. The van der Waals surface area contributed by atoms with Crippen molar-refractivity contribution in [1.82, 2.24) is 4.90 Å². The third kappa shape index (κ3) is 3.53. The van der Waals surface area contributed by atoms with E-state index >= 15 is 0 Å². The van der Waals surface area contributed by atoms with E-state index in [-0.39, 0.29) is 5.91 Å². The number of rotatable bonds is 5. The minimum atomic E-state index is -0.724. The summed E-state index contributed by atoms with van der Waals surface area (Å²) in [5.74, 6) is 0.430. The Labute approximate surface area is 124 Å². The van der Waals surface area contributed by atoms with Crippen LogP contribution < -0.4 is 4.74 Å². The lowest BCUT2D eigenvalue weighted by atomic mass is 9.89. The zero-order chi connectivity index (χ0) is 15.5. The summed E-state index contributed by atoms with van der Waals surface area (Å²) in [7, 11) is 0. The standard InChI is InChI=1S/C16H20N2O3/c1-3-8-16(20)10-18(11-16)15(19)12(2)21-14-6-4-13(9-17)5-7-14/h4-7,12,20H,3,8,10-11H2,1-2H3. The maximum atomic E-state index is 12.2. The van der Waals surface area contributed by atoms with Gasteiger partial charge in [0.25, 0.3) is 5.91 Å². The zero-order valence-corrected chi connectivity index (χ0v) is 12.4. The number of aliphatic hydroxyl groups is 1. The van der Waals surface area contributed by atoms with E-state index in [1.165, 1.54) is 0 Å². The second-order valence-electron chi connectivity index (χ2n) is 5.56. The van der Waals surface area contributed by atoms with Gasteiger partial charge in [-0.2, -0.15) is 5.26 Å². The van der Waals surface area contributed by atoms with Crippen molar-refractivity contribution in [3.05, 3.63) is 29.8 Å². The van der Waals surface area contributed by atoms with Gasteiger partial charge in [-0.15, -0.1) is 0 Å². The highest BCUT2D eigenvalue weighted by Gasteiger charge is 2.44. The van der Waals surface area contributed by atoms with Crippen molar-refractivity contribution in [2.24, 2.45) is 0 Å². The van der Waals surface area contributed by atoms with E-state index in [0.717, 1.165) is 6.42 Å². The summed E-state index contributed by atoms with van der Waals surface area (Å²) in [5, 5.41) is 18.8. The third-order valence-corrected chi connectivity index (χ3v) is 3.64. The van der Waals surface area contributed by atoms with E-state index in [9.17, 15) is 9.90 Å². The van der Waals surface area contributed by atoms with Crippen molar-refractivity contribution < 1.29 is 14.6 Å². The van der Waals surface area contributed by atoms with E-state index < -0.39 is 11.7 Å². The van der Waals surface area contributed by atoms with Gasteiger partial charge in [-0.25, -0.2) is 0 Å². The molecule has 1 fully saturated rings. The van der Waals surface area contributed by atoms with Crippen LogP contribution in [0.4, 0.5) is 0 Å². The second kappa shape index (κ2) is 6.15. The summed E-state index contributed by atoms with van der Waals surface area (Å²) >= 11 is 0. The van der Waals surface area contributed by atoms with E-state index in [1.807, 2.05) is 13.0 Å². The molecule has 1 aromatic carbocycles. The van der Waals surface area contributed by atoms with Gasteiger partial charge in [0.15, 0.2) is 6.10 Å². The average Bonchev–Trinajstić information content (AvgIpc) is 2.45. The number of carbonyl (C=O) groups excluding carboxylic acids is 1. The first kappa shape index (κ1) is 15.3. The number of nitriles is 1. The van der Waals surface area contributed by atoms with E-state index in [1.54, 1.807) is 36.1 Å². The van der Waals surface area contributed by atoms with Crippen molar-refractivity contribution in [3.63, 3.8) is 0 Å². The molecule has 2 rings (SSSR count). The van der Waals surface area contributed by atoms with Gasteiger partial charge in [-0.05, 0) is 37.6 Å². The Morgan fingerprint density at radius 3 is 2.62 bits per heavy atom. The highest BCUT2D eigenvalue weighted by atomic mass is 16.5. The number of likely N-dealkylation sites (tertiary alicyclic amines) is 1. The molecule has 1 aromatic rings. The maximum Gasteiger partial charge on any atom is 0.263 e. The molecule has 1 N–H and O–H groups in total. The Bertz CT molecular complexity index is 542. The highest BCUT2D eigenvalue weighted by molar-refractivity contribution is 5.82. The molecule has 1 atom stereocenters. The number of amides is 1. The summed E-state index contributed by atoms with van der Waals surface area (Å²) in [5.41, 5.74) is -0.174. The minimum absolute atomic E-state index is 0.125. The normalized spacial score (nSPS) is 17.5. The Hall–Kier alpha value is -2.06. The van der Waals surface area contributed by atoms with Gasteiger partial charge >= 0.3 is 0 Å². The van der Waals surface area contributed by atoms with Crippen molar-refractivity contribution >= 4 is 5.91 Å². The lowest BCUT2D eigenvalue weighted by Crippen LogP contribution is -2.65. The summed E-state index contributed by atoms with van der Waals surface area (Å²) < 4.78 is 5.58. The van der Waals surface area contributed by atoms with Crippen LogP contribution >= 0.6 is 0 Å². The molecule has 0 radical (unpaired) electrons. The van der Waals surface area contributed by atoms with Gasteiger partial charge in [0, 0.05) is 0 Å². The van der Waals surface area contributed by atoms with Crippen molar-refractivity contribution in [2.45, 2.75) is 38.4 Å². The predicted octanol–water partition coefficient (Wildman–Crippen LogP) is 1.70. The molecule has 1 aliphatic rings. The molecule has 21 heavy (non-hydrogen) atoms. The molecule has 5 nitrogen and oxygen atoms in total. The van der Waals surface area contributed by atoms with Crippen LogP contribution in [-0.4, -0.2) is 40.7 Å². The molecule has 1 unspecified atom stereocenters. The van der Waals surface area contributed by atoms with Crippen LogP contribution in [0.1, 0.15) is 32.3 Å². The topological polar surface area (TPSA) is 73.6 Å². The molecule has 0 aliphatic carbocycles. The third-order valence-electron chi connectivity index (χ3n) is 3.64. The Morgan fingerprint density at radius 1 is 1.48 bits per heavy atom. The summed E-state index contributed by atoms with van der Waals surface area (Å²) in [4.78, 5) is 13.8. The molecule has 0 aromatic heterocycles. The first-order chi connectivity index (χ1) is 9.97. The predicted molar refractivity (Wildman–Crippen MR) is 77.7 cm³/mol. The Morgan fingerprint density at radius 2 is 2.10 bits per heavy atom. The summed E-state index contributed by atoms with van der Waals surface area (Å²) in [6.07, 6.45) is 1.00. The molecule has 0 bridgehead atoms. The fourth-order valence-corrected chi connectivity index (χ4v) is 2.56. The van der Waals surface area contributed by atoms with Gasteiger partial charge in [0.2, 0.25) is 0 Å². The smallest absolute Gasteiger partial charge is 0.263 e. The molecule has 0 saturated carbocycles. The van der Waals surface area contributed by atoms with Crippen LogP contribution in [-0.2, 0) is 4.79 Å². The van der Waals surface area contributed by atoms with E-state index in [2.05, 4.69) is 0 Å². The largest absolute Gasteiger partial charge is 0.481 e. The first-order valence-corrected chi connectivity index (χ1v) is 7.15. The Kier molecular flexibility index (Phi) is 4.49. The fourth-order valence-electron chi connectivity index (χ4n) is 2.56. The minimum Gasteiger partial charge on any atom is -0.481 e. The van der Waals surface area contributed by atoms with E-state index in [0.29, 0.717) is 30.8 Å². The van der Waals surface area contributed by atoms with Crippen molar-refractivity contribution in [2.75, 3.05) is 13.1 Å². The van der Waals surface area contributed by atoms with Crippen molar-refractivity contribution in [3.8, 4) is 11.8 Å². The molecule has 5 heteroatoms. The highest BCUT2D eigenvalue weighted by Crippen LogP contribution is 2.26. The second-order valence-corrected chi connectivity index (χ2v) is 5.56. The Balaban J connectivity index is 1.87. The first-order valence-electron chi connectivity index (χ1n) is 7.15. The summed E-state index contributed by atoms with van der Waals surface area (Å²) in [6, 6.07) is 8.67. The monoisotopic (exact) mass is 288 g/mol.